The van der Waals surface area contributed by atoms with Crippen LogP contribution in [0.25, 0.3) is 0 Å². The Kier molecular flexibility index (Phi) is 4.73. The predicted octanol–water partition coefficient (Wildman–Crippen LogP) is 2.04. The van der Waals surface area contributed by atoms with Gasteiger partial charge in [-0.25, -0.2) is 9.69 Å². The first-order valence-corrected chi connectivity index (χ1v) is 6.49. The van der Waals surface area contributed by atoms with Crippen molar-refractivity contribution in [2.75, 3.05) is 0 Å². The first-order chi connectivity index (χ1) is 8.20. The molecule has 0 heterocycles. The number of nitrogens with two attached hydrogens (primary N) is 1. The quantitative estimate of drug-likeness (QED) is 0.779. The van der Waals surface area contributed by atoms with Crippen LogP contribution in [0.2, 0.25) is 0 Å². The molecule has 0 aliphatic heterocycles. The molecule has 1 rings (SSSR count). The highest BCUT2D eigenvalue weighted by Crippen LogP contribution is 2.24. The van der Waals surface area contributed by atoms with Crippen molar-refractivity contribution in [3.8, 4) is 0 Å². The Hall–Kier alpha value is -1.10. The van der Waals surface area contributed by atoms with Crippen LogP contribution in [0.5, 0.6) is 0 Å². The number of amides is 2. The van der Waals surface area contributed by atoms with Crippen molar-refractivity contribution < 1.29 is 14.3 Å². The van der Waals surface area contributed by atoms with Crippen molar-refractivity contribution in [1.29, 1.82) is 0 Å². The Labute approximate surface area is 109 Å². The maximum Gasteiger partial charge on any atom is 0.417 e. The van der Waals surface area contributed by atoms with E-state index in [9.17, 15) is 9.59 Å². The minimum Gasteiger partial charge on any atom is -0.443 e. The predicted molar refractivity (Wildman–Crippen MR) is 69.0 cm³/mol. The second-order valence-corrected chi connectivity index (χ2v) is 5.94. The number of carbonyl (C=O) groups excluding carboxylic acids is 2. The molecule has 5 heteroatoms. The standard InChI is InChI=1S/C13H24N2O3/c1-9(16)15(12(17)18-13(2,3)4)11-7-5-10(14)6-8-11/h10-11H,5-8,14H2,1-4H3. The number of rotatable bonds is 1. The van der Waals surface area contributed by atoms with Crippen molar-refractivity contribution in [3.63, 3.8) is 0 Å². The van der Waals surface area contributed by atoms with Crippen LogP contribution in [0.15, 0.2) is 0 Å². The molecule has 2 N–H and O–H groups in total. The molecular weight excluding hydrogens is 232 g/mol. The van der Waals surface area contributed by atoms with E-state index < -0.39 is 11.7 Å². The van der Waals surface area contributed by atoms with Crippen LogP contribution >= 0.6 is 0 Å². The van der Waals surface area contributed by atoms with Gasteiger partial charge in [0.05, 0.1) is 0 Å². The number of hydrogen-bond donors (Lipinski definition) is 1. The van der Waals surface area contributed by atoms with E-state index in [1.54, 1.807) is 20.8 Å². The highest BCUT2D eigenvalue weighted by atomic mass is 16.6. The fraction of sp³-hybridized carbons (Fsp3) is 0.846. The third-order valence-electron chi connectivity index (χ3n) is 3.04. The van der Waals surface area contributed by atoms with Crippen molar-refractivity contribution in [2.24, 2.45) is 5.73 Å². The van der Waals surface area contributed by atoms with Crippen LogP contribution in [0.3, 0.4) is 0 Å². The Morgan fingerprint density at radius 3 is 2.06 bits per heavy atom. The second-order valence-electron chi connectivity index (χ2n) is 5.94. The van der Waals surface area contributed by atoms with Gasteiger partial charge in [0.2, 0.25) is 5.91 Å². The van der Waals surface area contributed by atoms with Crippen molar-refractivity contribution in [1.82, 2.24) is 4.90 Å². The minimum absolute atomic E-state index is 0.0721. The van der Waals surface area contributed by atoms with Gasteiger partial charge < -0.3 is 10.5 Å². The Balaban J connectivity index is 2.71. The average Bonchev–Trinajstić information content (AvgIpc) is 2.18. The lowest BCUT2D eigenvalue weighted by atomic mass is 9.91. The van der Waals surface area contributed by atoms with Gasteiger partial charge in [-0.15, -0.1) is 0 Å². The van der Waals surface area contributed by atoms with Gasteiger partial charge in [-0.05, 0) is 46.5 Å². The first kappa shape index (κ1) is 15.0. The number of hydrogen-bond acceptors (Lipinski definition) is 4. The molecule has 0 aromatic rings. The van der Waals surface area contributed by atoms with E-state index in [-0.39, 0.29) is 18.0 Å². The van der Waals surface area contributed by atoms with Crippen molar-refractivity contribution >= 4 is 12.0 Å². The van der Waals surface area contributed by atoms with Crippen LogP contribution in [0.1, 0.15) is 53.4 Å². The topological polar surface area (TPSA) is 72.6 Å². The highest BCUT2D eigenvalue weighted by molar-refractivity contribution is 5.91. The van der Waals surface area contributed by atoms with Gasteiger partial charge in [0, 0.05) is 19.0 Å². The van der Waals surface area contributed by atoms with Gasteiger partial charge in [0.15, 0.2) is 0 Å². The van der Waals surface area contributed by atoms with Gasteiger partial charge in [-0.1, -0.05) is 0 Å². The molecule has 0 aromatic carbocycles. The first-order valence-electron chi connectivity index (χ1n) is 6.49. The van der Waals surface area contributed by atoms with Crippen LogP contribution < -0.4 is 5.73 Å². The van der Waals surface area contributed by atoms with Crippen LogP contribution in [-0.4, -0.2) is 34.6 Å². The van der Waals surface area contributed by atoms with Gasteiger partial charge >= 0.3 is 6.09 Å². The van der Waals surface area contributed by atoms with Gasteiger partial charge in [0.1, 0.15) is 5.60 Å². The summed E-state index contributed by atoms with van der Waals surface area (Å²) in [5, 5.41) is 0. The molecule has 0 bridgehead atoms. The molecule has 1 saturated carbocycles. The van der Waals surface area contributed by atoms with Crippen molar-refractivity contribution in [3.05, 3.63) is 0 Å². The number of ether oxygens (including phenoxy) is 1. The van der Waals surface area contributed by atoms with E-state index in [2.05, 4.69) is 0 Å². The van der Waals surface area contributed by atoms with Crippen LogP contribution in [0, 0.1) is 0 Å². The maximum absolute atomic E-state index is 12.0. The van der Waals surface area contributed by atoms with E-state index in [1.807, 2.05) is 0 Å². The zero-order chi connectivity index (χ0) is 13.9. The maximum atomic E-state index is 12.0. The van der Waals surface area contributed by atoms with Gasteiger partial charge in [0.25, 0.3) is 0 Å². The molecule has 0 spiro atoms. The van der Waals surface area contributed by atoms with E-state index in [0.717, 1.165) is 25.7 Å². The number of carbonyl (C=O) groups is 2. The van der Waals surface area contributed by atoms with E-state index in [1.165, 1.54) is 11.8 Å². The largest absolute Gasteiger partial charge is 0.443 e. The summed E-state index contributed by atoms with van der Waals surface area (Å²) >= 11 is 0. The molecule has 0 atom stereocenters. The summed E-state index contributed by atoms with van der Waals surface area (Å²) in [4.78, 5) is 24.9. The van der Waals surface area contributed by atoms with Gasteiger partial charge in [-0.3, -0.25) is 4.79 Å². The third-order valence-corrected chi connectivity index (χ3v) is 3.04. The Morgan fingerprint density at radius 1 is 1.17 bits per heavy atom. The molecule has 1 aliphatic carbocycles. The molecule has 1 fully saturated rings. The molecule has 1 aliphatic rings. The molecule has 0 aromatic heterocycles. The molecule has 104 valence electrons. The Bertz CT molecular complexity index is 315. The number of nitrogens with zero attached hydrogens (tertiary/aromatic N) is 1. The SMILES string of the molecule is CC(=O)N(C(=O)OC(C)(C)C)C1CCC(N)CC1. The Morgan fingerprint density at radius 2 is 1.67 bits per heavy atom. The lowest BCUT2D eigenvalue weighted by Gasteiger charge is -2.35. The number of imide groups is 1. The van der Waals surface area contributed by atoms with Gasteiger partial charge in [-0.2, -0.15) is 0 Å². The summed E-state index contributed by atoms with van der Waals surface area (Å²) in [5.41, 5.74) is 5.24. The molecule has 0 saturated heterocycles. The average molecular weight is 256 g/mol. The molecule has 2 amide bonds. The summed E-state index contributed by atoms with van der Waals surface area (Å²) in [6, 6.07) is 0.117. The fourth-order valence-corrected chi connectivity index (χ4v) is 2.21. The zero-order valence-corrected chi connectivity index (χ0v) is 11.7. The fourth-order valence-electron chi connectivity index (χ4n) is 2.21. The monoisotopic (exact) mass is 256 g/mol. The minimum atomic E-state index is -0.587. The molecular formula is C13H24N2O3. The zero-order valence-electron chi connectivity index (χ0n) is 11.7. The smallest absolute Gasteiger partial charge is 0.417 e. The van der Waals surface area contributed by atoms with E-state index in [0.29, 0.717) is 0 Å². The summed E-state index contributed by atoms with van der Waals surface area (Å²) in [7, 11) is 0. The second kappa shape index (κ2) is 5.69. The lowest BCUT2D eigenvalue weighted by molar-refractivity contribution is -0.130. The summed E-state index contributed by atoms with van der Waals surface area (Å²) in [6.07, 6.45) is 2.67. The normalized spacial score (nSPS) is 24.5. The van der Waals surface area contributed by atoms with Crippen LogP contribution in [0.4, 0.5) is 4.79 Å². The molecule has 18 heavy (non-hydrogen) atoms. The highest BCUT2D eigenvalue weighted by Gasteiger charge is 2.33. The molecule has 5 nitrogen and oxygen atoms in total. The third kappa shape index (κ3) is 4.29. The van der Waals surface area contributed by atoms with E-state index >= 15 is 0 Å². The summed E-state index contributed by atoms with van der Waals surface area (Å²) in [6.45, 7) is 6.78. The van der Waals surface area contributed by atoms with Crippen LogP contribution in [-0.2, 0) is 9.53 Å². The lowest BCUT2D eigenvalue weighted by Crippen LogP contribution is -2.48. The molecule has 0 radical (unpaired) electrons. The van der Waals surface area contributed by atoms with E-state index in [4.69, 9.17) is 10.5 Å². The summed E-state index contributed by atoms with van der Waals surface area (Å²) < 4.78 is 5.28. The summed E-state index contributed by atoms with van der Waals surface area (Å²) in [5.74, 6) is -0.260. The molecule has 0 unspecified atom stereocenters. The van der Waals surface area contributed by atoms with Crippen molar-refractivity contribution in [2.45, 2.75) is 71.1 Å².